The van der Waals surface area contributed by atoms with E-state index in [1.54, 1.807) is 0 Å². The van der Waals surface area contributed by atoms with Crippen molar-refractivity contribution in [3.8, 4) is 6.07 Å². The molecule has 0 bridgehead atoms. The minimum Gasteiger partial charge on any atom is -0.389 e. The van der Waals surface area contributed by atoms with Crippen molar-refractivity contribution >= 4 is 10.0 Å². The topological polar surface area (TPSA) is 94.3 Å². The molecule has 1 aliphatic rings. The van der Waals surface area contributed by atoms with E-state index in [1.165, 1.54) is 25.4 Å². The smallest absolute Gasteiger partial charge is 0.244 e. The summed E-state index contributed by atoms with van der Waals surface area (Å²) in [4.78, 5) is 3.79. The van der Waals surface area contributed by atoms with Crippen LogP contribution >= 0.6 is 0 Å². The van der Waals surface area contributed by atoms with Crippen molar-refractivity contribution < 1.29 is 13.5 Å². The molecule has 1 N–H and O–H groups in total. The quantitative estimate of drug-likeness (QED) is 0.889. The number of rotatable bonds is 4. The highest BCUT2D eigenvalue weighted by Gasteiger charge is 2.35. The van der Waals surface area contributed by atoms with Crippen LogP contribution in [0.25, 0.3) is 0 Å². The van der Waals surface area contributed by atoms with E-state index in [0.29, 0.717) is 12.8 Å². The van der Waals surface area contributed by atoms with Crippen molar-refractivity contribution in [3.63, 3.8) is 0 Å². The summed E-state index contributed by atoms with van der Waals surface area (Å²) in [5, 5.41) is 18.9. The van der Waals surface area contributed by atoms with E-state index < -0.39 is 15.6 Å². The molecule has 0 saturated heterocycles. The van der Waals surface area contributed by atoms with Crippen molar-refractivity contribution in [2.75, 3.05) is 13.6 Å². The van der Waals surface area contributed by atoms with Gasteiger partial charge in [0.2, 0.25) is 10.0 Å². The molecule has 1 fully saturated rings. The summed E-state index contributed by atoms with van der Waals surface area (Å²) >= 11 is 0. The number of sulfonamides is 1. The van der Waals surface area contributed by atoms with Crippen LogP contribution in [0.1, 0.15) is 31.4 Å². The average Bonchev–Trinajstić information content (AvgIpc) is 2.85. The first-order valence-electron chi connectivity index (χ1n) is 6.42. The van der Waals surface area contributed by atoms with Crippen molar-refractivity contribution in [2.45, 2.75) is 36.2 Å². The highest BCUT2D eigenvalue weighted by Crippen LogP contribution is 2.31. The number of aliphatic hydroxyl groups is 1. The highest BCUT2D eigenvalue weighted by molar-refractivity contribution is 7.89. The molecule has 1 saturated carbocycles. The molecule has 0 spiro atoms. The monoisotopic (exact) mass is 295 g/mol. The Morgan fingerprint density at radius 1 is 1.45 bits per heavy atom. The fourth-order valence-electron chi connectivity index (χ4n) is 2.47. The summed E-state index contributed by atoms with van der Waals surface area (Å²) in [7, 11) is -2.24. The zero-order valence-corrected chi connectivity index (χ0v) is 12.1. The Kier molecular flexibility index (Phi) is 4.09. The molecule has 0 atom stereocenters. The van der Waals surface area contributed by atoms with Crippen molar-refractivity contribution in [1.82, 2.24) is 9.29 Å². The molecule has 1 heterocycles. The predicted octanol–water partition coefficient (Wildman–Crippen LogP) is 0.879. The van der Waals surface area contributed by atoms with Gasteiger partial charge in [-0.3, -0.25) is 0 Å². The van der Waals surface area contributed by atoms with E-state index in [0.717, 1.165) is 17.1 Å². The minimum absolute atomic E-state index is 0.0283. The van der Waals surface area contributed by atoms with Gasteiger partial charge in [-0.1, -0.05) is 12.8 Å². The van der Waals surface area contributed by atoms with E-state index >= 15 is 0 Å². The Bertz CT molecular complexity index is 613. The second-order valence-corrected chi connectivity index (χ2v) is 7.23. The third-order valence-corrected chi connectivity index (χ3v) is 5.40. The first-order chi connectivity index (χ1) is 9.37. The third-order valence-electron chi connectivity index (χ3n) is 3.61. The Morgan fingerprint density at radius 2 is 2.10 bits per heavy atom. The zero-order chi connectivity index (χ0) is 14.8. The van der Waals surface area contributed by atoms with Crippen LogP contribution in [0.5, 0.6) is 0 Å². The molecule has 0 aromatic carbocycles. The van der Waals surface area contributed by atoms with Gasteiger partial charge in [-0.25, -0.2) is 13.4 Å². The van der Waals surface area contributed by atoms with Crippen LogP contribution in [-0.4, -0.2) is 42.0 Å². The van der Waals surface area contributed by atoms with E-state index in [1.807, 2.05) is 6.07 Å². The first-order valence-corrected chi connectivity index (χ1v) is 7.86. The number of likely N-dealkylation sites (N-methyl/N-ethyl adjacent to an activating group) is 1. The van der Waals surface area contributed by atoms with Crippen LogP contribution in [0, 0.1) is 11.3 Å². The minimum atomic E-state index is -3.69. The summed E-state index contributed by atoms with van der Waals surface area (Å²) in [6.07, 6.45) is 4.26. The van der Waals surface area contributed by atoms with Gasteiger partial charge < -0.3 is 5.11 Å². The van der Waals surface area contributed by atoms with Gasteiger partial charge in [-0.05, 0) is 25.0 Å². The summed E-state index contributed by atoms with van der Waals surface area (Å²) in [6.45, 7) is 0.0787. The number of nitrogens with zero attached hydrogens (tertiary/aromatic N) is 3. The Balaban J connectivity index is 2.18. The van der Waals surface area contributed by atoms with Crippen LogP contribution in [0.2, 0.25) is 0 Å². The molecule has 1 aliphatic carbocycles. The van der Waals surface area contributed by atoms with Gasteiger partial charge in [0, 0.05) is 19.8 Å². The fraction of sp³-hybridized carbons (Fsp3) is 0.538. The largest absolute Gasteiger partial charge is 0.389 e. The molecule has 20 heavy (non-hydrogen) atoms. The lowest BCUT2D eigenvalue weighted by Gasteiger charge is -2.28. The molecule has 2 rings (SSSR count). The lowest BCUT2D eigenvalue weighted by Crippen LogP contribution is -2.42. The normalized spacial score (nSPS) is 18.1. The molecule has 1 aromatic heterocycles. The molecule has 0 unspecified atom stereocenters. The maximum Gasteiger partial charge on any atom is 0.244 e. The molecular weight excluding hydrogens is 278 g/mol. The van der Waals surface area contributed by atoms with Crippen LogP contribution < -0.4 is 0 Å². The molecule has 0 aliphatic heterocycles. The van der Waals surface area contributed by atoms with Crippen LogP contribution in [0.15, 0.2) is 23.2 Å². The van der Waals surface area contributed by atoms with Crippen molar-refractivity contribution in [1.29, 1.82) is 5.26 Å². The van der Waals surface area contributed by atoms with Crippen molar-refractivity contribution in [2.24, 2.45) is 0 Å². The Morgan fingerprint density at radius 3 is 2.60 bits per heavy atom. The molecule has 7 heteroatoms. The number of hydrogen-bond acceptors (Lipinski definition) is 5. The van der Waals surface area contributed by atoms with Crippen LogP contribution in [0.3, 0.4) is 0 Å². The lowest BCUT2D eigenvalue weighted by molar-refractivity contribution is 0.0333. The van der Waals surface area contributed by atoms with E-state index in [4.69, 9.17) is 5.26 Å². The van der Waals surface area contributed by atoms with Crippen LogP contribution in [0.4, 0.5) is 0 Å². The second-order valence-electron chi connectivity index (χ2n) is 5.18. The molecule has 6 nitrogen and oxygen atoms in total. The van der Waals surface area contributed by atoms with Gasteiger partial charge >= 0.3 is 0 Å². The lowest BCUT2D eigenvalue weighted by atomic mass is 10.0. The molecular formula is C13H17N3O3S. The summed E-state index contributed by atoms with van der Waals surface area (Å²) in [5.74, 6) is 0. The van der Waals surface area contributed by atoms with Gasteiger partial charge in [0.15, 0.2) is 0 Å². The summed E-state index contributed by atoms with van der Waals surface area (Å²) in [6, 6.07) is 4.56. The van der Waals surface area contributed by atoms with E-state index in [9.17, 15) is 13.5 Å². The van der Waals surface area contributed by atoms with Gasteiger partial charge in [0.1, 0.15) is 16.7 Å². The summed E-state index contributed by atoms with van der Waals surface area (Å²) in [5.41, 5.74) is -0.761. The maximum atomic E-state index is 12.4. The van der Waals surface area contributed by atoms with Gasteiger partial charge in [0.25, 0.3) is 0 Å². The fourth-order valence-corrected chi connectivity index (χ4v) is 3.67. The second kappa shape index (κ2) is 5.48. The molecule has 0 radical (unpaired) electrons. The maximum absolute atomic E-state index is 12.4. The van der Waals surface area contributed by atoms with E-state index in [2.05, 4.69) is 4.98 Å². The Hall–Kier alpha value is -1.49. The SMILES string of the molecule is CN(CC1(O)CCCC1)S(=O)(=O)c1ccc(C#N)nc1. The molecule has 108 valence electrons. The van der Waals surface area contributed by atoms with E-state index in [-0.39, 0.29) is 17.1 Å². The van der Waals surface area contributed by atoms with Gasteiger partial charge in [-0.2, -0.15) is 9.57 Å². The standard InChI is InChI=1S/C13H17N3O3S/c1-16(10-13(17)6-2-3-7-13)20(18,19)12-5-4-11(8-14)15-9-12/h4-5,9,17H,2-3,6-7,10H2,1H3. The average molecular weight is 295 g/mol. The predicted molar refractivity (Wildman–Crippen MR) is 72.2 cm³/mol. The number of hydrogen-bond donors (Lipinski definition) is 1. The van der Waals surface area contributed by atoms with Gasteiger partial charge in [0.05, 0.1) is 5.60 Å². The summed E-state index contributed by atoms with van der Waals surface area (Å²) < 4.78 is 25.9. The number of pyridine rings is 1. The Labute approximate surface area is 118 Å². The van der Waals surface area contributed by atoms with Gasteiger partial charge in [-0.15, -0.1) is 0 Å². The number of nitriles is 1. The van der Waals surface area contributed by atoms with Crippen molar-refractivity contribution in [3.05, 3.63) is 24.0 Å². The highest BCUT2D eigenvalue weighted by atomic mass is 32.2. The van der Waals surface area contributed by atoms with Crippen LogP contribution in [-0.2, 0) is 10.0 Å². The zero-order valence-electron chi connectivity index (χ0n) is 11.3. The molecule has 1 aromatic rings. The number of aromatic nitrogens is 1. The molecule has 0 amide bonds. The third kappa shape index (κ3) is 2.98. The first kappa shape index (κ1) is 14.9.